The number of nitrogens with one attached hydrogen (secondary N) is 1. The van der Waals surface area contributed by atoms with E-state index in [2.05, 4.69) is 25.4 Å². The van der Waals surface area contributed by atoms with Crippen LogP contribution in [0.2, 0.25) is 0 Å². The van der Waals surface area contributed by atoms with Crippen LogP contribution in [0.5, 0.6) is 0 Å². The minimum atomic E-state index is -0.0582. The molecule has 0 aliphatic heterocycles. The van der Waals surface area contributed by atoms with Crippen LogP contribution in [0.3, 0.4) is 0 Å². The van der Waals surface area contributed by atoms with E-state index in [9.17, 15) is 4.79 Å². The Kier molecular flexibility index (Phi) is 5.30. The molecular formula is C17H18N6O2. The fourth-order valence-electron chi connectivity index (χ4n) is 2.26. The molecule has 3 rings (SSSR count). The molecule has 0 bridgehead atoms. The monoisotopic (exact) mass is 338 g/mol. The summed E-state index contributed by atoms with van der Waals surface area (Å²) in [6, 6.07) is 7.24. The number of carbonyl (C=O) groups is 1. The Morgan fingerprint density at radius 3 is 2.84 bits per heavy atom. The SMILES string of the molecule is Nc1ncccc1CNC(=O)CCCc1nc(-c2ccncc2)no1. The highest BCUT2D eigenvalue weighted by Gasteiger charge is 2.09. The van der Waals surface area contributed by atoms with Gasteiger partial charge in [-0.2, -0.15) is 4.98 Å². The molecule has 128 valence electrons. The molecule has 0 aliphatic carbocycles. The molecule has 0 aliphatic rings. The Bertz CT molecular complexity index is 834. The first-order valence-corrected chi connectivity index (χ1v) is 7.91. The maximum atomic E-state index is 11.9. The molecule has 25 heavy (non-hydrogen) atoms. The highest BCUT2D eigenvalue weighted by Crippen LogP contribution is 2.15. The van der Waals surface area contributed by atoms with Gasteiger partial charge in [-0.05, 0) is 24.6 Å². The summed E-state index contributed by atoms with van der Waals surface area (Å²) in [5, 5.41) is 6.76. The summed E-state index contributed by atoms with van der Waals surface area (Å²) in [6.45, 7) is 0.366. The molecular weight excluding hydrogens is 320 g/mol. The van der Waals surface area contributed by atoms with E-state index in [4.69, 9.17) is 10.3 Å². The van der Waals surface area contributed by atoms with Gasteiger partial charge in [0.15, 0.2) is 0 Å². The molecule has 0 spiro atoms. The zero-order valence-electron chi connectivity index (χ0n) is 13.6. The summed E-state index contributed by atoms with van der Waals surface area (Å²) in [6.07, 6.45) is 6.49. The van der Waals surface area contributed by atoms with Gasteiger partial charge in [0.2, 0.25) is 17.6 Å². The summed E-state index contributed by atoms with van der Waals surface area (Å²) < 4.78 is 5.21. The van der Waals surface area contributed by atoms with Gasteiger partial charge in [0.25, 0.3) is 0 Å². The molecule has 0 saturated heterocycles. The predicted octanol–water partition coefficient (Wildman–Crippen LogP) is 1.75. The number of aromatic nitrogens is 4. The fourth-order valence-corrected chi connectivity index (χ4v) is 2.26. The van der Waals surface area contributed by atoms with Crippen LogP contribution in [0.25, 0.3) is 11.4 Å². The number of nitrogens with two attached hydrogens (primary N) is 1. The second kappa shape index (κ2) is 8.00. The van der Waals surface area contributed by atoms with E-state index in [1.165, 1.54) is 0 Å². The number of aryl methyl sites for hydroxylation is 1. The second-order valence-corrected chi connectivity index (χ2v) is 5.43. The number of amides is 1. The number of anilines is 1. The van der Waals surface area contributed by atoms with Crippen molar-refractivity contribution in [3.63, 3.8) is 0 Å². The first-order chi connectivity index (χ1) is 12.2. The van der Waals surface area contributed by atoms with E-state index < -0.39 is 0 Å². The number of pyridine rings is 2. The number of nitrogen functional groups attached to an aromatic ring is 1. The third-order valence-electron chi connectivity index (χ3n) is 3.60. The van der Waals surface area contributed by atoms with Crippen molar-refractivity contribution in [1.29, 1.82) is 0 Å². The first-order valence-electron chi connectivity index (χ1n) is 7.91. The van der Waals surface area contributed by atoms with Gasteiger partial charge in [0.1, 0.15) is 5.82 Å². The first kappa shape index (κ1) is 16.6. The molecule has 0 fully saturated rings. The van der Waals surface area contributed by atoms with E-state index in [1.807, 2.05) is 18.2 Å². The lowest BCUT2D eigenvalue weighted by molar-refractivity contribution is -0.121. The van der Waals surface area contributed by atoms with Gasteiger partial charge < -0.3 is 15.6 Å². The maximum absolute atomic E-state index is 11.9. The molecule has 8 heteroatoms. The highest BCUT2D eigenvalue weighted by atomic mass is 16.5. The minimum absolute atomic E-state index is 0.0582. The van der Waals surface area contributed by atoms with Crippen LogP contribution in [0.1, 0.15) is 24.3 Å². The van der Waals surface area contributed by atoms with Crippen LogP contribution >= 0.6 is 0 Å². The van der Waals surface area contributed by atoms with Gasteiger partial charge >= 0.3 is 0 Å². The molecule has 0 aromatic carbocycles. The van der Waals surface area contributed by atoms with Crippen molar-refractivity contribution in [2.75, 3.05) is 5.73 Å². The molecule has 0 saturated carbocycles. The number of carbonyl (C=O) groups excluding carboxylic acids is 1. The Morgan fingerprint density at radius 2 is 2.04 bits per heavy atom. The van der Waals surface area contributed by atoms with Crippen LogP contribution < -0.4 is 11.1 Å². The molecule has 0 radical (unpaired) electrons. The number of rotatable bonds is 7. The molecule has 3 aromatic heterocycles. The van der Waals surface area contributed by atoms with E-state index in [1.54, 1.807) is 24.7 Å². The second-order valence-electron chi connectivity index (χ2n) is 5.43. The molecule has 3 aromatic rings. The maximum Gasteiger partial charge on any atom is 0.226 e. The third-order valence-corrected chi connectivity index (χ3v) is 3.60. The van der Waals surface area contributed by atoms with Crippen molar-refractivity contribution < 1.29 is 9.32 Å². The highest BCUT2D eigenvalue weighted by molar-refractivity contribution is 5.76. The number of nitrogens with zero attached hydrogens (tertiary/aromatic N) is 4. The summed E-state index contributed by atoms with van der Waals surface area (Å²) >= 11 is 0. The van der Waals surface area contributed by atoms with Crippen molar-refractivity contribution in [3.8, 4) is 11.4 Å². The minimum Gasteiger partial charge on any atom is -0.383 e. The largest absolute Gasteiger partial charge is 0.383 e. The molecule has 8 nitrogen and oxygen atoms in total. The van der Waals surface area contributed by atoms with Crippen molar-refractivity contribution in [2.45, 2.75) is 25.8 Å². The molecule has 3 N–H and O–H groups in total. The Balaban J connectivity index is 1.43. The van der Waals surface area contributed by atoms with Gasteiger partial charge in [-0.3, -0.25) is 9.78 Å². The standard InChI is InChI=1S/C17H18N6O2/c18-16-13(3-2-8-20-16)11-21-14(24)4-1-5-15-22-17(23-25-15)12-6-9-19-10-7-12/h2-3,6-10H,1,4-5,11H2,(H2,18,20)(H,21,24). The summed E-state index contributed by atoms with van der Waals surface area (Å²) in [5.74, 6) is 1.40. The Labute approximate surface area is 144 Å². The van der Waals surface area contributed by atoms with Crippen LogP contribution in [-0.2, 0) is 17.8 Å². The molecule has 3 heterocycles. The van der Waals surface area contributed by atoms with Crippen LogP contribution in [0.4, 0.5) is 5.82 Å². The lowest BCUT2D eigenvalue weighted by atomic mass is 10.2. The number of hydrogen-bond acceptors (Lipinski definition) is 7. The Morgan fingerprint density at radius 1 is 1.20 bits per heavy atom. The quantitative estimate of drug-likeness (QED) is 0.673. The smallest absolute Gasteiger partial charge is 0.226 e. The lowest BCUT2D eigenvalue weighted by Crippen LogP contribution is -2.23. The lowest BCUT2D eigenvalue weighted by Gasteiger charge is -2.06. The van der Waals surface area contributed by atoms with E-state index in [-0.39, 0.29) is 5.91 Å². The Hall–Kier alpha value is -3.29. The van der Waals surface area contributed by atoms with E-state index >= 15 is 0 Å². The zero-order chi connectivity index (χ0) is 17.5. The van der Waals surface area contributed by atoms with Gasteiger partial charge in [0.05, 0.1) is 0 Å². The van der Waals surface area contributed by atoms with Gasteiger partial charge in [-0.25, -0.2) is 4.98 Å². The number of hydrogen-bond donors (Lipinski definition) is 2. The van der Waals surface area contributed by atoms with Crippen molar-refractivity contribution in [3.05, 3.63) is 54.3 Å². The topological polar surface area (TPSA) is 120 Å². The van der Waals surface area contributed by atoms with Crippen LogP contribution in [-0.4, -0.2) is 26.0 Å². The van der Waals surface area contributed by atoms with Gasteiger partial charge in [0, 0.05) is 49.1 Å². The molecule has 0 atom stereocenters. The predicted molar refractivity (Wildman–Crippen MR) is 91.0 cm³/mol. The average Bonchev–Trinajstić information content (AvgIpc) is 3.11. The van der Waals surface area contributed by atoms with Gasteiger partial charge in [-0.1, -0.05) is 11.2 Å². The van der Waals surface area contributed by atoms with Gasteiger partial charge in [-0.15, -0.1) is 0 Å². The van der Waals surface area contributed by atoms with Crippen molar-refractivity contribution >= 4 is 11.7 Å². The summed E-state index contributed by atoms with van der Waals surface area (Å²) in [5.41, 5.74) is 7.38. The van der Waals surface area contributed by atoms with E-state index in [0.717, 1.165) is 11.1 Å². The third kappa shape index (κ3) is 4.60. The summed E-state index contributed by atoms with van der Waals surface area (Å²) in [4.78, 5) is 24.1. The summed E-state index contributed by atoms with van der Waals surface area (Å²) in [7, 11) is 0. The zero-order valence-corrected chi connectivity index (χ0v) is 13.6. The average molecular weight is 338 g/mol. The van der Waals surface area contributed by atoms with Crippen molar-refractivity contribution in [2.24, 2.45) is 0 Å². The molecule has 1 amide bonds. The van der Waals surface area contributed by atoms with Crippen LogP contribution in [0, 0.1) is 0 Å². The van der Waals surface area contributed by atoms with Crippen molar-refractivity contribution in [1.82, 2.24) is 25.4 Å². The van der Waals surface area contributed by atoms with E-state index in [0.29, 0.717) is 43.3 Å². The normalized spacial score (nSPS) is 10.6. The van der Waals surface area contributed by atoms with Crippen LogP contribution in [0.15, 0.2) is 47.4 Å². The fraction of sp³-hybridized carbons (Fsp3) is 0.235. The molecule has 0 unspecified atom stereocenters.